The smallest absolute Gasteiger partial charge is 0.241 e. The molecule has 0 aliphatic carbocycles. The zero-order valence-corrected chi connectivity index (χ0v) is 14.9. The van der Waals surface area contributed by atoms with Gasteiger partial charge in [0.2, 0.25) is 5.91 Å². The first kappa shape index (κ1) is 17.0. The summed E-state index contributed by atoms with van der Waals surface area (Å²) in [6.07, 6.45) is 3.90. The number of hydrogen-bond donors (Lipinski definition) is 1. The van der Waals surface area contributed by atoms with Gasteiger partial charge in [-0.15, -0.1) is 23.1 Å². The van der Waals surface area contributed by atoms with E-state index in [1.165, 1.54) is 4.88 Å². The highest BCUT2D eigenvalue weighted by Crippen LogP contribution is 2.20. The maximum atomic E-state index is 12.4. The number of nitrogens with zero attached hydrogens (tertiary/aromatic N) is 2. The molecule has 0 radical (unpaired) electrons. The molecule has 1 amide bonds. The Hall–Kier alpha value is -1.37. The molecule has 1 aromatic carbocycles. The first-order valence-electron chi connectivity index (χ1n) is 7.06. The van der Waals surface area contributed by atoms with Crippen molar-refractivity contribution < 1.29 is 4.79 Å². The van der Waals surface area contributed by atoms with Crippen molar-refractivity contribution in [3.63, 3.8) is 0 Å². The molecule has 0 saturated carbocycles. The van der Waals surface area contributed by atoms with Gasteiger partial charge in [-0.05, 0) is 45.4 Å². The van der Waals surface area contributed by atoms with Crippen LogP contribution in [0.15, 0.2) is 35.4 Å². The van der Waals surface area contributed by atoms with Crippen LogP contribution in [-0.4, -0.2) is 35.1 Å². The van der Waals surface area contributed by atoms with E-state index in [1.54, 1.807) is 23.1 Å². The number of benzene rings is 1. The average Bonchev–Trinajstić information content (AvgIpc) is 2.91. The van der Waals surface area contributed by atoms with E-state index in [9.17, 15) is 4.79 Å². The van der Waals surface area contributed by atoms with Crippen molar-refractivity contribution in [2.75, 3.05) is 18.6 Å². The molecular formula is C16H21N3OS2. The fourth-order valence-corrected chi connectivity index (χ4v) is 3.33. The van der Waals surface area contributed by atoms with Gasteiger partial charge in [0.15, 0.2) is 0 Å². The van der Waals surface area contributed by atoms with Gasteiger partial charge < -0.3 is 5.32 Å². The molecule has 0 aliphatic rings. The number of aryl methyl sites for hydroxylation is 1. The SMILES string of the molecule is CSc1cccc(NC(=O)[C@H](C)N(C)Cc2cnc(C)s2)c1. The fourth-order valence-electron chi connectivity index (χ4n) is 2.01. The van der Waals surface area contributed by atoms with Crippen molar-refractivity contribution in [1.82, 2.24) is 9.88 Å². The molecule has 2 aromatic rings. The quantitative estimate of drug-likeness (QED) is 0.819. The van der Waals surface area contributed by atoms with Crippen LogP contribution in [0.3, 0.4) is 0 Å². The summed E-state index contributed by atoms with van der Waals surface area (Å²) in [5, 5.41) is 4.03. The van der Waals surface area contributed by atoms with Gasteiger partial charge in [-0.2, -0.15) is 0 Å². The Bertz CT molecular complexity index is 642. The van der Waals surface area contributed by atoms with Gasteiger partial charge in [0, 0.05) is 28.2 Å². The third-order valence-electron chi connectivity index (χ3n) is 3.45. The van der Waals surface area contributed by atoms with Crippen LogP contribution in [-0.2, 0) is 11.3 Å². The molecule has 1 aromatic heterocycles. The standard InChI is InChI=1S/C16H21N3OS2/c1-11(19(3)10-15-9-17-12(2)22-15)16(20)18-13-6-5-7-14(8-13)21-4/h5-9,11H,10H2,1-4H3,(H,18,20)/t11-/m0/s1. The van der Waals surface area contributed by atoms with Crippen molar-refractivity contribution in [1.29, 1.82) is 0 Å². The molecule has 2 rings (SSSR count). The van der Waals surface area contributed by atoms with E-state index >= 15 is 0 Å². The van der Waals surface area contributed by atoms with E-state index in [1.807, 2.05) is 62.5 Å². The Morgan fingerprint density at radius 2 is 2.27 bits per heavy atom. The van der Waals surface area contributed by atoms with Gasteiger partial charge in [0.25, 0.3) is 0 Å². The number of nitrogens with one attached hydrogen (secondary N) is 1. The first-order valence-corrected chi connectivity index (χ1v) is 9.10. The number of thioether (sulfide) groups is 1. The molecule has 0 saturated heterocycles. The minimum absolute atomic E-state index is 0.00184. The summed E-state index contributed by atoms with van der Waals surface area (Å²) in [6, 6.07) is 7.68. The van der Waals surface area contributed by atoms with Gasteiger partial charge in [0.05, 0.1) is 11.0 Å². The third kappa shape index (κ3) is 4.56. The predicted molar refractivity (Wildman–Crippen MR) is 94.6 cm³/mol. The van der Waals surface area contributed by atoms with Crippen molar-refractivity contribution >= 4 is 34.7 Å². The molecule has 0 bridgehead atoms. The van der Waals surface area contributed by atoms with E-state index in [0.717, 1.165) is 22.1 Å². The zero-order valence-electron chi connectivity index (χ0n) is 13.3. The lowest BCUT2D eigenvalue weighted by molar-refractivity contribution is -0.120. The lowest BCUT2D eigenvalue weighted by Gasteiger charge is -2.23. The molecule has 0 fully saturated rings. The second kappa shape index (κ2) is 7.76. The number of thiazole rings is 1. The lowest BCUT2D eigenvalue weighted by Crippen LogP contribution is -2.39. The van der Waals surface area contributed by atoms with E-state index in [4.69, 9.17) is 0 Å². The summed E-state index contributed by atoms with van der Waals surface area (Å²) >= 11 is 3.33. The van der Waals surface area contributed by atoms with Crippen LogP contribution in [0.4, 0.5) is 5.69 Å². The van der Waals surface area contributed by atoms with E-state index in [-0.39, 0.29) is 11.9 Å². The van der Waals surface area contributed by atoms with Crippen molar-refractivity contribution in [3.05, 3.63) is 40.3 Å². The number of carbonyl (C=O) groups is 1. The number of hydrogen-bond acceptors (Lipinski definition) is 5. The lowest BCUT2D eigenvalue weighted by atomic mass is 10.2. The molecule has 22 heavy (non-hydrogen) atoms. The molecule has 0 aliphatic heterocycles. The van der Waals surface area contributed by atoms with Gasteiger partial charge in [-0.25, -0.2) is 4.98 Å². The van der Waals surface area contributed by atoms with E-state index in [2.05, 4.69) is 10.3 Å². The zero-order chi connectivity index (χ0) is 16.1. The summed E-state index contributed by atoms with van der Waals surface area (Å²) in [7, 11) is 1.96. The Morgan fingerprint density at radius 1 is 1.50 bits per heavy atom. The minimum Gasteiger partial charge on any atom is -0.325 e. The maximum Gasteiger partial charge on any atom is 0.241 e. The second-order valence-corrected chi connectivity index (χ2v) is 7.36. The molecule has 118 valence electrons. The molecule has 6 heteroatoms. The van der Waals surface area contributed by atoms with Gasteiger partial charge in [-0.1, -0.05) is 6.07 Å². The molecule has 1 heterocycles. The predicted octanol–water partition coefficient (Wildman–Crippen LogP) is 3.63. The van der Waals surface area contributed by atoms with Crippen molar-refractivity contribution in [2.24, 2.45) is 0 Å². The first-order chi connectivity index (χ1) is 10.5. The highest BCUT2D eigenvalue weighted by atomic mass is 32.2. The Balaban J connectivity index is 1.95. The fraction of sp³-hybridized carbons (Fsp3) is 0.375. The van der Waals surface area contributed by atoms with Crippen LogP contribution in [0.1, 0.15) is 16.8 Å². The largest absolute Gasteiger partial charge is 0.325 e. The third-order valence-corrected chi connectivity index (χ3v) is 5.08. The highest BCUT2D eigenvalue weighted by molar-refractivity contribution is 7.98. The number of aromatic nitrogens is 1. The summed E-state index contributed by atoms with van der Waals surface area (Å²) in [5.74, 6) is 0.00184. The topological polar surface area (TPSA) is 45.2 Å². The molecule has 0 spiro atoms. The van der Waals surface area contributed by atoms with E-state index in [0.29, 0.717) is 0 Å². The molecule has 4 nitrogen and oxygen atoms in total. The monoisotopic (exact) mass is 335 g/mol. The number of amides is 1. The van der Waals surface area contributed by atoms with Crippen molar-refractivity contribution in [2.45, 2.75) is 31.3 Å². The van der Waals surface area contributed by atoms with Crippen LogP contribution in [0.2, 0.25) is 0 Å². The summed E-state index contributed by atoms with van der Waals surface area (Å²) in [6.45, 7) is 4.63. The maximum absolute atomic E-state index is 12.4. The van der Waals surface area contributed by atoms with Crippen LogP contribution < -0.4 is 5.32 Å². The average molecular weight is 335 g/mol. The van der Waals surface area contributed by atoms with Crippen LogP contribution in [0.25, 0.3) is 0 Å². The number of anilines is 1. The number of rotatable bonds is 6. The van der Waals surface area contributed by atoms with E-state index < -0.39 is 0 Å². The van der Waals surface area contributed by atoms with Crippen LogP contribution in [0.5, 0.6) is 0 Å². The summed E-state index contributed by atoms with van der Waals surface area (Å²) in [5.41, 5.74) is 0.839. The van der Waals surface area contributed by atoms with Crippen LogP contribution >= 0.6 is 23.1 Å². The normalized spacial score (nSPS) is 12.4. The molecule has 1 N–H and O–H groups in total. The van der Waals surface area contributed by atoms with Gasteiger partial charge in [0.1, 0.15) is 0 Å². The molecule has 0 unspecified atom stereocenters. The second-order valence-electron chi connectivity index (χ2n) is 5.16. The Morgan fingerprint density at radius 3 is 2.91 bits per heavy atom. The summed E-state index contributed by atoms with van der Waals surface area (Å²) in [4.78, 5) is 21.0. The Labute approximate surface area is 139 Å². The van der Waals surface area contributed by atoms with Crippen molar-refractivity contribution in [3.8, 4) is 0 Å². The van der Waals surface area contributed by atoms with Crippen LogP contribution in [0, 0.1) is 6.92 Å². The minimum atomic E-state index is -0.208. The highest BCUT2D eigenvalue weighted by Gasteiger charge is 2.19. The molecular weight excluding hydrogens is 314 g/mol. The Kier molecular flexibility index (Phi) is 5.99. The van der Waals surface area contributed by atoms with Gasteiger partial charge >= 0.3 is 0 Å². The number of carbonyl (C=O) groups excluding carboxylic acids is 1. The summed E-state index contributed by atoms with van der Waals surface area (Å²) < 4.78 is 0. The van der Waals surface area contributed by atoms with Gasteiger partial charge in [-0.3, -0.25) is 9.69 Å². The number of likely N-dealkylation sites (N-methyl/N-ethyl adjacent to an activating group) is 1. The molecule has 1 atom stereocenters.